The largest absolute Gasteiger partial charge is 0.345 e. The van der Waals surface area contributed by atoms with Gasteiger partial charge in [0.15, 0.2) is 0 Å². The highest BCUT2D eigenvalue weighted by Crippen LogP contribution is 2.36. The minimum Gasteiger partial charge on any atom is -0.274 e. The van der Waals surface area contributed by atoms with Gasteiger partial charge in [-0.15, -0.1) is 0 Å². The lowest BCUT2D eigenvalue weighted by atomic mass is 10.0. The zero-order chi connectivity index (χ0) is 14.1. The number of carbonyl (C=O) groups excluding carboxylic acids is 2. The molecule has 1 aromatic carbocycles. The highest BCUT2D eigenvalue weighted by atomic mass is 35.5. The molecular weight excluding hydrogens is 299 g/mol. The van der Waals surface area contributed by atoms with Gasteiger partial charge in [-0.2, -0.15) is 17.6 Å². The number of carbonyl (C=O) groups is 2. The monoisotopic (exact) mass is 302 g/mol. The van der Waals surface area contributed by atoms with Crippen LogP contribution < -0.4 is 0 Å². The fourth-order valence-electron chi connectivity index (χ4n) is 1.14. The Bertz CT molecular complexity index is 461. The van der Waals surface area contributed by atoms with Crippen LogP contribution in [0.4, 0.5) is 17.6 Å². The third-order valence-corrected chi connectivity index (χ3v) is 2.56. The van der Waals surface area contributed by atoms with E-state index in [0.29, 0.717) is 6.07 Å². The van der Waals surface area contributed by atoms with Gasteiger partial charge in [-0.05, 0) is 29.3 Å². The van der Waals surface area contributed by atoms with Crippen molar-refractivity contribution in [2.24, 2.45) is 0 Å². The average molecular weight is 303 g/mol. The van der Waals surface area contributed by atoms with E-state index >= 15 is 0 Å². The van der Waals surface area contributed by atoms with Crippen molar-refractivity contribution in [1.82, 2.24) is 0 Å². The van der Waals surface area contributed by atoms with Crippen LogP contribution in [-0.2, 0) is 21.4 Å². The van der Waals surface area contributed by atoms with Gasteiger partial charge in [0.25, 0.3) is 10.5 Å². The van der Waals surface area contributed by atoms with Crippen molar-refractivity contribution in [3.05, 3.63) is 35.4 Å². The molecule has 0 aliphatic heterocycles. The second kappa shape index (κ2) is 4.85. The molecule has 98 valence electrons. The summed E-state index contributed by atoms with van der Waals surface area (Å²) in [6.07, 6.45) is 0. The van der Waals surface area contributed by atoms with Gasteiger partial charge in [0.05, 0.1) is 0 Å². The van der Waals surface area contributed by atoms with Gasteiger partial charge in [0.1, 0.15) is 0 Å². The van der Waals surface area contributed by atoms with Crippen LogP contribution in [0, 0.1) is 0 Å². The lowest BCUT2D eigenvalue weighted by molar-refractivity contribution is -0.135. The maximum absolute atomic E-state index is 13.2. The molecule has 0 atom stereocenters. The summed E-state index contributed by atoms with van der Waals surface area (Å²) >= 11 is 9.33. The summed E-state index contributed by atoms with van der Waals surface area (Å²) < 4.78 is 52.8. The number of halogens is 6. The van der Waals surface area contributed by atoms with Crippen molar-refractivity contribution in [2.45, 2.75) is 11.8 Å². The number of rotatable bonds is 4. The molecule has 0 aliphatic rings. The highest BCUT2D eigenvalue weighted by molar-refractivity contribution is 6.65. The third-order valence-electron chi connectivity index (χ3n) is 2.08. The first-order chi connectivity index (χ1) is 8.10. The van der Waals surface area contributed by atoms with Crippen LogP contribution in [0.1, 0.15) is 11.1 Å². The lowest BCUT2D eigenvalue weighted by Crippen LogP contribution is -2.25. The van der Waals surface area contributed by atoms with E-state index in [1.807, 2.05) is 0 Å². The summed E-state index contributed by atoms with van der Waals surface area (Å²) in [5.74, 6) is -8.24. The molecule has 8 heteroatoms. The Morgan fingerprint density at radius 1 is 0.889 bits per heavy atom. The molecule has 0 aromatic heterocycles. The van der Waals surface area contributed by atoms with Crippen LogP contribution in [0.3, 0.4) is 0 Å². The van der Waals surface area contributed by atoms with E-state index in [-0.39, 0.29) is 0 Å². The van der Waals surface area contributed by atoms with Crippen LogP contribution >= 0.6 is 23.2 Å². The van der Waals surface area contributed by atoms with Gasteiger partial charge in [-0.1, -0.05) is 18.2 Å². The molecule has 0 unspecified atom stereocenters. The fraction of sp³-hybridized carbons (Fsp3) is 0.200. The Kier molecular flexibility index (Phi) is 4.02. The van der Waals surface area contributed by atoms with E-state index in [1.54, 1.807) is 0 Å². The summed E-state index contributed by atoms with van der Waals surface area (Å²) in [4.78, 5) is 21.0. The first kappa shape index (κ1) is 14.9. The van der Waals surface area contributed by atoms with E-state index in [9.17, 15) is 27.2 Å². The Morgan fingerprint density at radius 3 is 1.50 bits per heavy atom. The number of hydrogen-bond acceptors (Lipinski definition) is 2. The molecule has 0 spiro atoms. The second-order valence-electron chi connectivity index (χ2n) is 3.28. The van der Waals surface area contributed by atoms with Crippen molar-refractivity contribution in [1.29, 1.82) is 0 Å². The predicted octanol–water partition coefficient (Wildman–Crippen LogP) is 3.40. The van der Waals surface area contributed by atoms with E-state index in [4.69, 9.17) is 0 Å². The van der Waals surface area contributed by atoms with Crippen LogP contribution in [0.2, 0.25) is 0 Å². The molecule has 2 nitrogen and oxygen atoms in total. The standard InChI is InChI=1S/C10H4Cl2F4O2/c11-7(17)9(13,14)5-2-1-3-6(4-5)10(15,16)8(12)18/h1-4H. The summed E-state index contributed by atoms with van der Waals surface area (Å²) in [6, 6.07) is 2.61. The zero-order valence-electron chi connectivity index (χ0n) is 8.39. The molecule has 1 rings (SSSR count). The lowest BCUT2D eigenvalue weighted by Gasteiger charge is -2.16. The minimum absolute atomic E-state index is 0.306. The molecule has 0 N–H and O–H groups in total. The first-order valence-electron chi connectivity index (χ1n) is 4.36. The molecule has 0 bridgehead atoms. The van der Waals surface area contributed by atoms with Crippen molar-refractivity contribution in [3.8, 4) is 0 Å². The fourth-order valence-corrected chi connectivity index (χ4v) is 1.35. The summed E-state index contributed by atoms with van der Waals surface area (Å²) in [5.41, 5.74) is -2.09. The maximum Gasteiger partial charge on any atom is 0.345 e. The second-order valence-corrected chi connectivity index (χ2v) is 3.96. The molecule has 1 aromatic rings. The summed E-state index contributed by atoms with van der Waals surface area (Å²) in [7, 11) is 0. The van der Waals surface area contributed by atoms with Gasteiger partial charge >= 0.3 is 11.8 Å². The molecule has 0 saturated carbocycles. The van der Waals surface area contributed by atoms with Gasteiger partial charge in [-0.25, -0.2) is 0 Å². The van der Waals surface area contributed by atoms with Gasteiger partial charge < -0.3 is 0 Å². The number of benzene rings is 1. The first-order valence-corrected chi connectivity index (χ1v) is 5.12. The van der Waals surface area contributed by atoms with E-state index in [0.717, 1.165) is 18.2 Å². The van der Waals surface area contributed by atoms with Crippen LogP contribution in [0.5, 0.6) is 0 Å². The van der Waals surface area contributed by atoms with E-state index in [2.05, 4.69) is 23.2 Å². The Balaban J connectivity index is 3.31. The van der Waals surface area contributed by atoms with Gasteiger partial charge in [0.2, 0.25) is 0 Å². The Hall–Kier alpha value is -1.14. The average Bonchev–Trinajstić information content (AvgIpc) is 2.28. The summed E-state index contributed by atoms with van der Waals surface area (Å²) in [6.45, 7) is 0. The van der Waals surface area contributed by atoms with Crippen molar-refractivity contribution >= 4 is 33.7 Å². The van der Waals surface area contributed by atoms with Crippen molar-refractivity contribution in [2.75, 3.05) is 0 Å². The van der Waals surface area contributed by atoms with Crippen LogP contribution in [0.25, 0.3) is 0 Å². The maximum atomic E-state index is 13.2. The highest BCUT2D eigenvalue weighted by Gasteiger charge is 2.43. The zero-order valence-corrected chi connectivity index (χ0v) is 9.91. The van der Waals surface area contributed by atoms with E-state index in [1.165, 1.54) is 0 Å². The minimum atomic E-state index is -4.12. The van der Waals surface area contributed by atoms with Gasteiger partial charge in [-0.3, -0.25) is 9.59 Å². The summed E-state index contributed by atoms with van der Waals surface area (Å²) in [5, 5.41) is -4.03. The van der Waals surface area contributed by atoms with Crippen molar-refractivity contribution in [3.63, 3.8) is 0 Å². The number of hydrogen-bond donors (Lipinski definition) is 0. The van der Waals surface area contributed by atoms with Crippen LogP contribution in [0.15, 0.2) is 24.3 Å². The number of alkyl halides is 4. The molecule has 0 aliphatic carbocycles. The molecule has 0 fully saturated rings. The molecule has 0 saturated heterocycles. The van der Waals surface area contributed by atoms with Crippen molar-refractivity contribution < 1.29 is 27.2 Å². The predicted molar refractivity (Wildman–Crippen MR) is 56.0 cm³/mol. The molecular formula is C10H4Cl2F4O2. The molecule has 0 amide bonds. The third kappa shape index (κ3) is 2.64. The smallest absolute Gasteiger partial charge is 0.274 e. The normalized spacial score (nSPS) is 12.3. The van der Waals surface area contributed by atoms with E-state index < -0.39 is 33.5 Å². The Labute approximate surface area is 108 Å². The quantitative estimate of drug-likeness (QED) is 0.631. The molecule has 0 radical (unpaired) electrons. The molecule has 0 heterocycles. The topological polar surface area (TPSA) is 34.1 Å². The van der Waals surface area contributed by atoms with Gasteiger partial charge in [0, 0.05) is 11.1 Å². The SMILES string of the molecule is O=C(Cl)C(F)(F)c1cccc(C(F)(F)C(=O)Cl)c1. The molecule has 18 heavy (non-hydrogen) atoms. The van der Waals surface area contributed by atoms with Crippen LogP contribution in [-0.4, -0.2) is 10.5 Å². The Morgan fingerprint density at radius 2 is 1.22 bits per heavy atom.